The van der Waals surface area contributed by atoms with Crippen molar-refractivity contribution in [3.63, 3.8) is 0 Å². The lowest BCUT2D eigenvalue weighted by Crippen LogP contribution is -2.50. The molecule has 0 aromatic rings. The van der Waals surface area contributed by atoms with Crippen molar-refractivity contribution in [1.82, 2.24) is 15.1 Å². The number of aliphatic imine (C=N–C) groups is 1. The molecule has 0 spiro atoms. The third-order valence-corrected chi connectivity index (χ3v) is 10.7. The third kappa shape index (κ3) is 8.73. The lowest BCUT2D eigenvalue weighted by Gasteiger charge is -2.41. The van der Waals surface area contributed by atoms with Gasteiger partial charge >= 0.3 is 24.4 Å². The van der Waals surface area contributed by atoms with Crippen molar-refractivity contribution in [3.8, 4) is 0 Å². The topological polar surface area (TPSA) is 104 Å². The highest BCUT2D eigenvalue weighted by Gasteiger charge is 2.56. The monoisotopic (exact) mass is 682 g/mol. The van der Waals surface area contributed by atoms with Crippen LogP contribution in [0, 0.1) is 29.6 Å². The van der Waals surface area contributed by atoms with Gasteiger partial charge in [-0.1, -0.05) is 20.8 Å². The lowest BCUT2D eigenvalue weighted by molar-refractivity contribution is -0.232. The van der Waals surface area contributed by atoms with Crippen LogP contribution < -0.4 is 5.32 Å². The molecule has 2 aliphatic heterocycles. The highest BCUT2D eigenvalue weighted by atomic mass is 19.4. The molecule has 0 bridgehead atoms. The first-order valence-corrected chi connectivity index (χ1v) is 16.7. The van der Waals surface area contributed by atoms with Crippen LogP contribution in [0.3, 0.4) is 0 Å². The van der Waals surface area contributed by atoms with Gasteiger partial charge in [0.15, 0.2) is 6.29 Å². The van der Waals surface area contributed by atoms with E-state index in [1.54, 1.807) is 20.2 Å². The largest absolute Gasteiger partial charge is 0.481 e. The Hall–Kier alpha value is -2.55. The summed E-state index contributed by atoms with van der Waals surface area (Å²) < 4.78 is 94.4. The number of alkyl halides is 6. The number of hydrogen-bond acceptors (Lipinski definition) is 7. The second-order valence-electron chi connectivity index (χ2n) is 13.3. The van der Waals surface area contributed by atoms with E-state index < -0.39 is 79.9 Å². The molecule has 47 heavy (non-hydrogen) atoms. The van der Waals surface area contributed by atoms with Crippen LogP contribution in [-0.4, -0.2) is 96.8 Å². The van der Waals surface area contributed by atoms with Crippen molar-refractivity contribution in [2.24, 2.45) is 34.6 Å². The second-order valence-corrected chi connectivity index (χ2v) is 13.3. The number of aliphatic carboxylic acids is 1. The maximum atomic E-state index is 13.8. The zero-order valence-electron chi connectivity index (χ0n) is 27.4. The van der Waals surface area contributed by atoms with Gasteiger partial charge in [0.1, 0.15) is 6.10 Å². The number of carboxylic acids is 1. The highest BCUT2D eigenvalue weighted by Crippen LogP contribution is 2.50. The molecule has 2 N–H and O–H groups in total. The number of methoxy groups -OCH3 is 1. The van der Waals surface area contributed by atoms with Gasteiger partial charge in [0.2, 0.25) is 0 Å². The lowest BCUT2D eigenvalue weighted by atomic mass is 9.71. The quantitative estimate of drug-likeness (QED) is 0.224. The molecule has 2 saturated carbocycles. The molecule has 2 heterocycles. The van der Waals surface area contributed by atoms with Crippen molar-refractivity contribution in [1.29, 1.82) is 0 Å². The number of halogens is 6. The number of cyclic esters (lactones) is 1. The Kier molecular flexibility index (Phi) is 12.2. The second kappa shape index (κ2) is 15.3. The average Bonchev–Trinajstić information content (AvgIpc) is 3.34. The van der Waals surface area contributed by atoms with Crippen LogP contribution in [0.5, 0.6) is 0 Å². The Morgan fingerprint density at radius 3 is 2.23 bits per heavy atom. The minimum absolute atomic E-state index is 0.00218. The van der Waals surface area contributed by atoms with E-state index in [9.17, 15) is 41.0 Å². The first kappa shape index (κ1) is 37.3. The number of rotatable bonds is 12. The van der Waals surface area contributed by atoms with Crippen molar-refractivity contribution >= 4 is 18.3 Å². The molecule has 0 radical (unpaired) electrons. The van der Waals surface area contributed by atoms with Crippen LogP contribution in [0.1, 0.15) is 78.6 Å². The van der Waals surface area contributed by atoms with E-state index in [2.05, 4.69) is 10.2 Å². The molecule has 0 aromatic heterocycles. The fourth-order valence-electron chi connectivity index (χ4n) is 8.10. The molecule has 3 fully saturated rings. The van der Waals surface area contributed by atoms with Crippen LogP contribution in [0.2, 0.25) is 0 Å². The van der Waals surface area contributed by atoms with Crippen LogP contribution in [-0.2, 0) is 14.3 Å². The van der Waals surface area contributed by atoms with E-state index in [1.807, 2.05) is 13.8 Å². The maximum Gasteiger partial charge on any atom is 0.410 e. The Morgan fingerprint density at radius 1 is 1.06 bits per heavy atom. The van der Waals surface area contributed by atoms with E-state index in [0.29, 0.717) is 38.0 Å². The van der Waals surface area contributed by atoms with Gasteiger partial charge in [0.25, 0.3) is 0 Å². The zero-order chi connectivity index (χ0) is 34.7. The summed E-state index contributed by atoms with van der Waals surface area (Å²) in [4.78, 5) is 33.0. The van der Waals surface area contributed by atoms with Gasteiger partial charge in [-0.15, -0.1) is 0 Å². The Morgan fingerprint density at radius 2 is 1.70 bits per heavy atom. The standard InChI is InChI=1S/C32H48F6N4O5/c1-5-25-28(19-13-20(31(33,34)35)15-21(14-19)32(36,37)38)47-30(45)42(25)17-24-23(16-39-29(40-24)41(6-2)7-3)22-12-18(9-11-27(43)44)8-10-26(22)46-4/h16,18-22,25-26,28-29,40H,5-15,17H2,1-4H3,(H,43,44)/t18?,19?,20?,21?,22?,25?,26?,28-,29?/m1/s1. The number of carbonyl (C=O) groups excluding carboxylic acids is 1. The summed E-state index contributed by atoms with van der Waals surface area (Å²) in [5.74, 6) is -6.29. The van der Waals surface area contributed by atoms with Crippen LogP contribution in [0.15, 0.2) is 16.3 Å². The van der Waals surface area contributed by atoms with Crippen LogP contribution in [0.4, 0.5) is 31.1 Å². The number of amides is 1. The molecule has 4 aliphatic rings. The van der Waals surface area contributed by atoms with Crippen molar-refractivity contribution in [2.45, 2.75) is 115 Å². The zero-order valence-corrected chi connectivity index (χ0v) is 27.4. The van der Waals surface area contributed by atoms with Gasteiger partial charge in [-0.3, -0.25) is 19.6 Å². The van der Waals surface area contributed by atoms with Crippen molar-refractivity contribution < 1.29 is 50.5 Å². The third-order valence-electron chi connectivity index (χ3n) is 10.7. The normalized spacial score (nSPS) is 33.7. The summed E-state index contributed by atoms with van der Waals surface area (Å²) in [5, 5.41) is 12.7. The predicted octanol–water partition coefficient (Wildman–Crippen LogP) is 6.59. The van der Waals surface area contributed by atoms with Gasteiger partial charge in [-0.05, 0) is 81.9 Å². The molecular formula is C32H48F6N4O5. The summed E-state index contributed by atoms with van der Waals surface area (Å²) in [6.45, 7) is 7.05. The summed E-state index contributed by atoms with van der Waals surface area (Å²) >= 11 is 0. The highest BCUT2D eigenvalue weighted by molar-refractivity contribution is 5.82. The van der Waals surface area contributed by atoms with Crippen LogP contribution in [0.25, 0.3) is 0 Å². The van der Waals surface area contributed by atoms with Crippen molar-refractivity contribution in [3.05, 3.63) is 11.3 Å². The fraction of sp³-hybridized carbons (Fsp3) is 0.844. The molecule has 4 rings (SSSR count). The van der Waals surface area contributed by atoms with E-state index in [1.165, 1.54) is 4.90 Å². The fourth-order valence-corrected chi connectivity index (χ4v) is 8.10. The van der Waals surface area contributed by atoms with E-state index >= 15 is 0 Å². The Balaban J connectivity index is 1.65. The number of nitrogens with one attached hydrogen (secondary N) is 1. The number of carbonyl (C=O) groups is 2. The molecule has 1 saturated heterocycles. The van der Waals surface area contributed by atoms with Crippen molar-refractivity contribution in [2.75, 3.05) is 26.7 Å². The number of carboxylic acid groups (broad SMARTS) is 1. The first-order valence-electron chi connectivity index (χ1n) is 16.7. The predicted molar refractivity (Wildman–Crippen MR) is 161 cm³/mol. The number of ether oxygens (including phenoxy) is 2. The van der Waals surface area contributed by atoms with Gasteiger partial charge in [-0.2, -0.15) is 26.3 Å². The summed E-state index contributed by atoms with van der Waals surface area (Å²) in [5.41, 5.74) is 1.45. The molecule has 1 amide bonds. The molecular weight excluding hydrogens is 634 g/mol. The minimum Gasteiger partial charge on any atom is -0.481 e. The maximum absolute atomic E-state index is 13.8. The molecule has 8 atom stereocenters. The van der Waals surface area contributed by atoms with Gasteiger partial charge in [-0.25, -0.2) is 4.79 Å². The summed E-state index contributed by atoms with van der Waals surface area (Å²) in [6, 6.07) is -0.734. The van der Waals surface area contributed by atoms with E-state index in [0.717, 1.165) is 12.0 Å². The minimum atomic E-state index is -4.79. The summed E-state index contributed by atoms with van der Waals surface area (Å²) in [6.07, 6.45) is -9.48. The van der Waals surface area contributed by atoms with E-state index in [4.69, 9.17) is 14.5 Å². The van der Waals surface area contributed by atoms with Gasteiger partial charge in [0.05, 0.1) is 30.5 Å². The average molecular weight is 683 g/mol. The Labute approximate surface area is 272 Å². The van der Waals surface area contributed by atoms with Gasteiger partial charge in [0, 0.05) is 31.4 Å². The number of hydrogen-bond donors (Lipinski definition) is 2. The molecule has 15 heteroatoms. The first-order chi connectivity index (χ1) is 22.1. The number of nitrogens with zero attached hydrogens (tertiary/aromatic N) is 3. The molecule has 268 valence electrons. The smallest absolute Gasteiger partial charge is 0.410 e. The Bertz CT molecular complexity index is 1140. The SMILES string of the molecule is CCC1[C@@H](C2CC(C(F)(F)F)CC(C(F)(F)F)C2)OC(=O)N1CC1=C(C2CC(CCC(=O)O)CCC2OC)C=NC(N(CC)CC)N1. The van der Waals surface area contributed by atoms with E-state index in [-0.39, 0.29) is 37.3 Å². The van der Waals surface area contributed by atoms with Crippen LogP contribution >= 0.6 is 0 Å². The molecule has 7 unspecified atom stereocenters. The molecule has 9 nitrogen and oxygen atoms in total. The van der Waals surface area contributed by atoms with Gasteiger partial charge < -0.3 is 19.9 Å². The molecule has 0 aromatic carbocycles. The summed E-state index contributed by atoms with van der Waals surface area (Å²) in [7, 11) is 1.61. The molecule has 2 aliphatic carbocycles.